The van der Waals surface area contributed by atoms with Gasteiger partial charge in [-0.05, 0) is 37.0 Å². The molecule has 0 radical (unpaired) electrons. The van der Waals surface area contributed by atoms with Crippen LogP contribution >= 0.6 is 11.6 Å². The van der Waals surface area contributed by atoms with Gasteiger partial charge in [-0.15, -0.1) is 0 Å². The van der Waals surface area contributed by atoms with Crippen molar-refractivity contribution in [2.24, 2.45) is 11.7 Å². The van der Waals surface area contributed by atoms with Crippen LogP contribution in [0, 0.1) is 24.2 Å². The molecule has 39 heavy (non-hydrogen) atoms. The highest BCUT2D eigenvalue weighted by atomic mass is 35.5. The van der Waals surface area contributed by atoms with E-state index in [-0.39, 0.29) is 17.9 Å². The van der Waals surface area contributed by atoms with Gasteiger partial charge < -0.3 is 20.7 Å². The highest BCUT2D eigenvalue weighted by Gasteiger charge is 2.29. The number of carbonyl (C=O) groups excluding carboxylic acids is 1. The molecule has 2 atom stereocenters. The van der Waals surface area contributed by atoms with E-state index in [1.807, 2.05) is 25.1 Å². The molecule has 3 N–H and O–H groups in total. The Morgan fingerprint density at radius 2 is 2.15 bits per heavy atom. The quantitative estimate of drug-likeness (QED) is 0.360. The molecule has 0 bridgehead atoms. The zero-order valence-corrected chi connectivity index (χ0v) is 22.5. The summed E-state index contributed by atoms with van der Waals surface area (Å²) < 4.78 is 7.33. The first-order chi connectivity index (χ1) is 18.9. The Kier molecular flexibility index (Phi) is 7.63. The van der Waals surface area contributed by atoms with E-state index in [4.69, 9.17) is 27.1 Å². The number of nitrogens with zero attached hydrogens (tertiary/aromatic N) is 6. The van der Waals surface area contributed by atoms with Crippen LogP contribution in [0.1, 0.15) is 34.8 Å². The Morgan fingerprint density at radius 1 is 1.31 bits per heavy atom. The highest BCUT2D eigenvalue weighted by Crippen LogP contribution is 2.30. The fourth-order valence-electron chi connectivity index (χ4n) is 4.88. The predicted molar refractivity (Wildman–Crippen MR) is 149 cm³/mol. The monoisotopic (exact) mass is 544 g/mol. The van der Waals surface area contributed by atoms with Crippen LogP contribution in [-0.4, -0.2) is 57.8 Å². The van der Waals surface area contributed by atoms with Gasteiger partial charge in [0.25, 0.3) is 5.91 Å². The van der Waals surface area contributed by atoms with E-state index in [1.54, 1.807) is 29.2 Å². The maximum atomic E-state index is 13.1. The van der Waals surface area contributed by atoms with Crippen molar-refractivity contribution in [3.05, 3.63) is 70.8 Å². The van der Waals surface area contributed by atoms with E-state index in [0.29, 0.717) is 64.2 Å². The lowest BCUT2D eigenvalue weighted by Gasteiger charge is -2.38. The van der Waals surface area contributed by atoms with E-state index >= 15 is 0 Å². The number of hydrogen-bond donors (Lipinski definition) is 2. The lowest BCUT2D eigenvalue weighted by atomic mass is 9.93. The smallest absolute Gasteiger partial charge is 0.253 e. The van der Waals surface area contributed by atoms with Crippen molar-refractivity contribution >= 4 is 28.8 Å². The third kappa shape index (κ3) is 5.37. The maximum Gasteiger partial charge on any atom is 0.253 e. The summed E-state index contributed by atoms with van der Waals surface area (Å²) in [7, 11) is 0. The molecule has 2 unspecified atom stereocenters. The van der Waals surface area contributed by atoms with Gasteiger partial charge in [-0.25, -0.2) is 9.50 Å². The Bertz CT molecular complexity index is 1530. The summed E-state index contributed by atoms with van der Waals surface area (Å²) >= 11 is 6.33. The van der Waals surface area contributed by atoms with Crippen LogP contribution < -0.4 is 20.7 Å². The minimum absolute atomic E-state index is 0.0793. The number of anilines is 1. The average molecular weight is 545 g/mol. The molecule has 11 heteroatoms. The van der Waals surface area contributed by atoms with Crippen LogP contribution in [0.3, 0.4) is 0 Å². The van der Waals surface area contributed by atoms with Gasteiger partial charge in [-0.2, -0.15) is 10.4 Å². The molecular formula is C28H29ClN8O2. The molecule has 3 aromatic heterocycles. The Labute approximate surface area is 231 Å². The predicted octanol–water partition coefficient (Wildman–Crippen LogP) is 3.61. The van der Waals surface area contributed by atoms with E-state index in [0.717, 1.165) is 18.5 Å². The summed E-state index contributed by atoms with van der Waals surface area (Å²) in [6.45, 7) is 6.13. The fraction of sp³-hybridized carbons (Fsp3) is 0.321. The number of aromatic nitrogens is 4. The molecule has 1 aliphatic rings. The largest absolute Gasteiger partial charge is 0.491 e. The molecule has 1 aliphatic heterocycles. The Morgan fingerprint density at radius 3 is 2.87 bits per heavy atom. The van der Waals surface area contributed by atoms with Crippen molar-refractivity contribution < 1.29 is 9.53 Å². The van der Waals surface area contributed by atoms with Gasteiger partial charge >= 0.3 is 0 Å². The Hall–Kier alpha value is -4.20. The van der Waals surface area contributed by atoms with E-state index < -0.39 is 0 Å². The number of hydrogen-bond acceptors (Lipinski definition) is 8. The number of amides is 1. The van der Waals surface area contributed by atoms with Crippen LogP contribution in [0.5, 0.6) is 5.75 Å². The molecule has 5 rings (SSSR count). The molecule has 0 aliphatic carbocycles. The van der Waals surface area contributed by atoms with Crippen LogP contribution in [-0.2, 0) is 0 Å². The summed E-state index contributed by atoms with van der Waals surface area (Å²) in [5.74, 6) is 1.39. The number of carbonyl (C=O) groups is 1. The molecule has 0 spiro atoms. The van der Waals surface area contributed by atoms with Gasteiger partial charge in [0.2, 0.25) is 0 Å². The minimum atomic E-state index is -0.173. The number of aryl methyl sites for hydroxylation is 1. The van der Waals surface area contributed by atoms with Crippen molar-refractivity contribution in [2.45, 2.75) is 26.3 Å². The fourth-order valence-corrected chi connectivity index (χ4v) is 5.19. The van der Waals surface area contributed by atoms with E-state index in [9.17, 15) is 10.1 Å². The first-order valence-corrected chi connectivity index (χ1v) is 13.1. The van der Waals surface area contributed by atoms with Crippen LogP contribution in [0.4, 0.5) is 5.82 Å². The number of ether oxygens (including phenoxy) is 1. The van der Waals surface area contributed by atoms with Crippen LogP contribution in [0.15, 0.2) is 49.1 Å². The molecule has 1 aromatic carbocycles. The van der Waals surface area contributed by atoms with Crippen molar-refractivity contribution in [3.63, 3.8) is 0 Å². The molecule has 200 valence electrons. The number of pyridine rings is 1. The second kappa shape index (κ2) is 11.3. The second-order valence-electron chi connectivity index (χ2n) is 9.67. The topological polar surface area (TPSA) is 134 Å². The minimum Gasteiger partial charge on any atom is -0.491 e. The van der Waals surface area contributed by atoms with Crippen molar-refractivity contribution in [3.8, 4) is 23.1 Å². The van der Waals surface area contributed by atoms with Gasteiger partial charge in [0, 0.05) is 31.2 Å². The molecule has 1 fully saturated rings. The maximum absolute atomic E-state index is 13.1. The third-order valence-electron chi connectivity index (χ3n) is 7.06. The number of rotatable bonds is 7. The second-order valence-corrected chi connectivity index (χ2v) is 10.1. The summed E-state index contributed by atoms with van der Waals surface area (Å²) in [6, 6.07) is 9.38. The molecular weight excluding hydrogens is 516 g/mol. The van der Waals surface area contributed by atoms with Crippen LogP contribution in [0.2, 0.25) is 5.02 Å². The number of nitrogens with one attached hydrogen (secondary N) is 1. The normalized spacial score (nSPS) is 17.2. The first kappa shape index (κ1) is 26.4. The lowest BCUT2D eigenvalue weighted by Crippen LogP contribution is -2.52. The molecule has 1 saturated heterocycles. The van der Waals surface area contributed by atoms with Gasteiger partial charge in [-0.3, -0.25) is 9.78 Å². The van der Waals surface area contributed by atoms with E-state index in [2.05, 4.69) is 33.3 Å². The average Bonchev–Trinajstić information content (AvgIpc) is 3.36. The summed E-state index contributed by atoms with van der Waals surface area (Å²) in [6.07, 6.45) is 7.52. The molecule has 0 saturated carbocycles. The first-order valence-electron chi connectivity index (χ1n) is 12.8. The summed E-state index contributed by atoms with van der Waals surface area (Å²) in [5, 5.41) is 17.5. The number of fused-ring (bicyclic) bond motifs is 1. The molecule has 1 amide bonds. The standard InChI is InChI=1S/C28H29ClN8O2/c1-17-6-8-36(16-24(17)35-28(38)26-18(2)4-3-5-22(26)29)25-14-32-23(13-33-25)21-10-20(39-9-7-30)15-37-27(21)19(11-31)12-34-37/h3-5,10,12-15,17,24H,6-9,16,30H2,1-2H3,(H,35,38). The molecule has 4 aromatic rings. The number of piperidine rings is 1. The van der Waals surface area contributed by atoms with Crippen molar-refractivity contribution in [2.75, 3.05) is 31.1 Å². The zero-order chi connectivity index (χ0) is 27.5. The summed E-state index contributed by atoms with van der Waals surface area (Å²) in [4.78, 5) is 24.6. The molecule has 4 heterocycles. The van der Waals surface area contributed by atoms with E-state index in [1.165, 1.54) is 6.20 Å². The van der Waals surface area contributed by atoms with Crippen molar-refractivity contribution in [1.29, 1.82) is 5.26 Å². The van der Waals surface area contributed by atoms with Crippen molar-refractivity contribution in [1.82, 2.24) is 24.9 Å². The molecule has 10 nitrogen and oxygen atoms in total. The number of nitriles is 1. The van der Waals surface area contributed by atoms with Gasteiger partial charge in [0.05, 0.1) is 52.1 Å². The van der Waals surface area contributed by atoms with Gasteiger partial charge in [0.15, 0.2) is 0 Å². The Balaban J connectivity index is 1.38. The van der Waals surface area contributed by atoms with Gasteiger partial charge in [0.1, 0.15) is 24.2 Å². The number of benzene rings is 1. The number of halogens is 1. The SMILES string of the molecule is Cc1cccc(Cl)c1C(=O)NC1CN(c2cnc(-c3cc(OCCN)cn4ncc(C#N)c34)cn2)CCC1C. The number of nitrogens with two attached hydrogens (primary N) is 1. The highest BCUT2D eigenvalue weighted by molar-refractivity contribution is 6.34. The van der Waals surface area contributed by atoms with Crippen LogP contribution in [0.25, 0.3) is 16.8 Å². The third-order valence-corrected chi connectivity index (χ3v) is 7.37. The zero-order valence-electron chi connectivity index (χ0n) is 21.8. The lowest BCUT2D eigenvalue weighted by molar-refractivity contribution is 0.0919. The summed E-state index contributed by atoms with van der Waals surface area (Å²) in [5.41, 5.74) is 9.27. The van der Waals surface area contributed by atoms with Gasteiger partial charge in [-0.1, -0.05) is 30.7 Å².